The lowest BCUT2D eigenvalue weighted by Gasteiger charge is -2.07. The molecule has 0 unspecified atom stereocenters. The van der Waals surface area contributed by atoms with Gasteiger partial charge in [-0.05, 0) is 47.5 Å². The smallest absolute Gasteiger partial charge is 0.337 e. The van der Waals surface area contributed by atoms with Crippen LogP contribution in [0.4, 0.5) is 10.1 Å². The molecule has 0 bridgehead atoms. The molecule has 0 saturated carbocycles. The number of hydrogen-bond donors (Lipinski definition) is 2. The molecule has 0 spiro atoms. The van der Waals surface area contributed by atoms with E-state index in [2.05, 4.69) is 10.5 Å². The fourth-order valence-corrected chi connectivity index (χ4v) is 2.38. The summed E-state index contributed by atoms with van der Waals surface area (Å²) in [6.45, 7) is 0.325. The van der Waals surface area contributed by atoms with Gasteiger partial charge in [-0.15, -0.1) is 0 Å². The number of ether oxygens (including phenoxy) is 1. The number of carboxylic acids is 1. The van der Waals surface area contributed by atoms with Crippen LogP contribution in [0.3, 0.4) is 0 Å². The molecule has 0 atom stereocenters. The Morgan fingerprint density at radius 2 is 1.85 bits per heavy atom. The number of para-hydroxylation sites is 1. The predicted molar refractivity (Wildman–Crippen MR) is 102 cm³/mol. The Balaban J connectivity index is 1.63. The molecular weight excluding hydrogens is 347 g/mol. The third kappa shape index (κ3) is 5.15. The third-order valence-electron chi connectivity index (χ3n) is 3.73. The number of carboxylic acid groups (broad SMARTS) is 1. The molecule has 3 aromatic carbocycles. The highest BCUT2D eigenvalue weighted by Gasteiger charge is 2.07. The molecule has 0 aliphatic heterocycles. The first-order valence-electron chi connectivity index (χ1n) is 8.20. The maximum atomic E-state index is 12.9. The molecule has 6 heteroatoms. The van der Waals surface area contributed by atoms with Gasteiger partial charge in [0.25, 0.3) is 0 Å². The van der Waals surface area contributed by atoms with Crippen LogP contribution in [0.1, 0.15) is 21.5 Å². The van der Waals surface area contributed by atoms with E-state index in [0.29, 0.717) is 18.0 Å². The zero-order valence-electron chi connectivity index (χ0n) is 14.3. The molecule has 0 radical (unpaired) electrons. The van der Waals surface area contributed by atoms with E-state index in [1.807, 2.05) is 18.2 Å². The summed E-state index contributed by atoms with van der Waals surface area (Å²) in [5.41, 5.74) is 4.94. The van der Waals surface area contributed by atoms with Crippen LogP contribution in [0.2, 0.25) is 0 Å². The van der Waals surface area contributed by atoms with Gasteiger partial charge < -0.3 is 9.84 Å². The molecule has 3 rings (SSSR count). The number of hydrogen-bond acceptors (Lipinski definition) is 4. The minimum Gasteiger partial charge on any atom is -0.489 e. The molecule has 0 amide bonds. The van der Waals surface area contributed by atoms with Gasteiger partial charge in [0.1, 0.15) is 18.2 Å². The highest BCUT2D eigenvalue weighted by Crippen LogP contribution is 2.16. The van der Waals surface area contributed by atoms with Crippen LogP contribution in [0.15, 0.2) is 77.9 Å². The number of aromatic carboxylic acids is 1. The number of hydrazone groups is 1. The van der Waals surface area contributed by atoms with Crippen molar-refractivity contribution in [3.05, 3.63) is 95.3 Å². The summed E-state index contributed by atoms with van der Waals surface area (Å²) in [6.07, 6.45) is 1.57. The van der Waals surface area contributed by atoms with E-state index in [-0.39, 0.29) is 11.4 Å². The summed E-state index contributed by atoms with van der Waals surface area (Å²) >= 11 is 0. The Labute approximate surface area is 155 Å². The highest BCUT2D eigenvalue weighted by atomic mass is 19.1. The number of nitrogens with zero attached hydrogens (tertiary/aromatic N) is 1. The third-order valence-corrected chi connectivity index (χ3v) is 3.73. The minimum atomic E-state index is -1.02. The van der Waals surface area contributed by atoms with Crippen LogP contribution in [0.5, 0.6) is 5.75 Å². The van der Waals surface area contributed by atoms with Crippen molar-refractivity contribution in [1.29, 1.82) is 0 Å². The number of anilines is 1. The zero-order valence-corrected chi connectivity index (χ0v) is 14.3. The van der Waals surface area contributed by atoms with E-state index < -0.39 is 5.97 Å². The average molecular weight is 364 g/mol. The van der Waals surface area contributed by atoms with Gasteiger partial charge in [0, 0.05) is 0 Å². The second kappa shape index (κ2) is 8.62. The lowest BCUT2D eigenvalue weighted by molar-refractivity contribution is 0.0698. The van der Waals surface area contributed by atoms with Crippen molar-refractivity contribution in [2.24, 2.45) is 5.10 Å². The quantitative estimate of drug-likeness (QED) is 0.477. The van der Waals surface area contributed by atoms with Crippen molar-refractivity contribution < 1.29 is 19.0 Å². The first kappa shape index (κ1) is 18.1. The van der Waals surface area contributed by atoms with Gasteiger partial charge in [0.2, 0.25) is 0 Å². The van der Waals surface area contributed by atoms with Gasteiger partial charge in [0.15, 0.2) is 0 Å². The van der Waals surface area contributed by atoms with Crippen LogP contribution in [-0.4, -0.2) is 17.3 Å². The fraction of sp³-hybridized carbons (Fsp3) is 0.0476. The van der Waals surface area contributed by atoms with Gasteiger partial charge >= 0.3 is 5.97 Å². The average Bonchev–Trinajstić information content (AvgIpc) is 2.68. The van der Waals surface area contributed by atoms with Gasteiger partial charge in [-0.25, -0.2) is 9.18 Å². The minimum absolute atomic E-state index is 0.144. The molecule has 2 N–H and O–H groups in total. The van der Waals surface area contributed by atoms with E-state index in [4.69, 9.17) is 9.84 Å². The van der Waals surface area contributed by atoms with Crippen molar-refractivity contribution >= 4 is 17.9 Å². The number of carbonyl (C=O) groups is 1. The Kier molecular flexibility index (Phi) is 5.79. The monoisotopic (exact) mass is 364 g/mol. The van der Waals surface area contributed by atoms with Gasteiger partial charge in [-0.2, -0.15) is 5.10 Å². The van der Waals surface area contributed by atoms with Crippen LogP contribution in [0.25, 0.3) is 0 Å². The van der Waals surface area contributed by atoms with Crippen LogP contribution < -0.4 is 10.2 Å². The van der Waals surface area contributed by atoms with Gasteiger partial charge in [0.05, 0.1) is 17.5 Å². The van der Waals surface area contributed by atoms with E-state index in [1.54, 1.807) is 42.6 Å². The maximum absolute atomic E-state index is 12.9. The Hall–Kier alpha value is -3.67. The number of rotatable bonds is 7. The molecule has 27 heavy (non-hydrogen) atoms. The van der Waals surface area contributed by atoms with E-state index >= 15 is 0 Å². The molecule has 0 aliphatic carbocycles. The van der Waals surface area contributed by atoms with E-state index in [0.717, 1.165) is 11.1 Å². The van der Waals surface area contributed by atoms with Crippen LogP contribution >= 0.6 is 0 Å². The summed E-state index contributed by atoms with van der Waals surface area (Å²) in [7, 11) is 0. The molecule has 0 aliphatic rings. The SMILES string of the molecule is O=C(O)c1ccccc1N/N=C/c1cccc(OCc2ccc(F)cc2)c1. The van der Waals surface area contributed by atoms with Gasteiger partial charge in [-0.1, -0.05) is 36.4 Å². The summed E-state index contributed by atoms with van der Waals surface area (Å²) < 4.78 is 18.6. The molecule has 136 valence electrons. The predicted octanol–water partition coefficient (Wildman–Crippen LogP) is 4.55. The lowest BCUT2D eigenvalue weighted by atomic mass is 10.2. The highest BCUT2D eigenvalue weighted by molar-refractivity contribution is 5.94. The summed E-state index contributed by atoms with van der Waals surface area (Å²) in [4.78, 5) is 11.2. The van der Waals surface area contributed by atoms with E-state index in [1.165, 1.54) is 18.2 Å². The maximum Gasteiger partial charge on any atom is 0.337 e. The first-order valence-corrected chi connectivity index (χ1v) is 8.20. The molecule has 3 aromatic rings. The topological polar surface area (TPSA) is 70.9 Å². The Bertz CT molecular complexity index is 956. The van der Waals surface area contributed by atoms with Crippen molar-refractivity contribution in [2.75, 3.05) is 5.43 Å². The van der Waals surface area contributed by atoms with Gasteiger partial charge in [-0.3, -0.25) is 5.43 Å². The largest absolute Gasteiger partial charge is 0.489 e. The van der Waals surface area contributed by atoms with Crippen molar-refractivity contribution in [3.63, 3.8) is 0 Å². The van der Waals surface area contributed by atoms with Crippen molar-refractivity contribution in [3.8, 4) is 5.75 Å². The molecule has 5 nitrogen and oxygen atoms in total. The summed E-state index contributed by atoms with van der Waals surface area (Å²) in [5, 5.41) is 13.2. The van der Waals surface area contributed by atoms with E-state index in [9.17, 15) is 9.18 Å². The summed E-state index contributed by atoms with van der Waals surface area (Å²) in [6, 6.07) is 19.9. The van der Waals surface area contributed by atoms with Crippen molar-refractivity contribution in [1.82, 2.24) is 0 Å². The fourth-order valence-electron chi connectivity index (χ4n) is 2.38. The number of halogens is 1. The van der Waals surface area contributed by atoms with Crippen molar-refractivity contribution in [2.45, 2.75) is 6.61 Å². The first-order chi connectivity index (χ1) is 13.1. The van der Waals surface area contributed by atoms with Crippen LogP contribution in [-0.2, 0) is 6.61 Å². The Morgan fingerprint density at radius 1 is 1.07 bits per heavy atom. The summed E-state index contributed by atoms with van der Waals surface area (Å²) in [5.74, 6) is -0.660. The second-order valence-corrected chi connectivity index (χ2v) is 5.71. The number of benzene rings is 3. The zero-order chi connectivity index (χ0) is 19.1. The normalized spacial score (nSPS) is 10.7. The number of nitrogens with one attached hydrogen (secondary N) is 1. The molecule has 0 saturated heterocycles. The lowest BCUT2D eigenvalue weighted by Crippen LogP contribution is -2.02. The standard InChI is InChI=1S/C21H17FN2O3/c22-17-10-8-15(9-11-17)14-27-18-5-3-4-16(12-18)13-23-24-20-7-2-1-6-19(20)21(25)26/h1-13,24H,14H2,(H,25,26)/b23-13+. The molecule has 0 heterocycles. The Morgan fingerprint density at radius 3 is 2.63 bits per heavy atom. The molecule has 0 fully saturated rings. The molecule has 0 aromatic heterocycles. The molecular formula is C21H17FN2O3. The van der Waals surface area contributed by atoms with Crippen LogP contribution in [0, 0.1) is 5.82 Å². The second-order valence-electron chi connectivity index (χ2n) is 5.71.